The van der Waals surface area contributed by atoms with Gasteiger partial charge >= 0.3 is 0 Å². The summed E-state index contributed by atoms with van der Waals surface area (Å²) >= 11 is 0. The minimum absolute atomic E-state index is 0.328. The van der Waals surface area contributed by atoms with Gasteiger partial charge in [0.05, 0.1) is 0 Å². The number of likely N-dealkylation sites (N-methyl/N-ethyl adjacent to an activating group) is 1. The van der Waals surface area contributed by atoms with Gasteiger partial charge in [-0.25, -0.2) is 0 Å². The second-order valence-electron chi connectivity index (χ2n) is 4.10. The molecule has 87 valence electrons. The molecular weight excluding hydrogens is 216 g/mol. The zero-order valence-electron chi connectivity index (χ0n) is 9.53. The fourth-order valence-corrected chi connectivity index (χ4v) is 1.70. The van der Waals surface area contributed by atoms with Gasteiger partial charge in [0.15, 0.2) is 0 Å². The van der Waals surface area contributed by atoms with Gasteiger partial charge in [-0.2, -0.15) is 0 Å². The van der Waals surface area contributed by atoms with Gasteiger partial charge < -0.3 is 15.7 Å². The topological polar surface area (TPSA) is 66.6 Å². The van der Waals surface area contributed by atoms with E-state index in [9.17, 15) is 9.90 Å². The van der Waals surface area contributed by atoms with E-state index in [0.29, 0.717) is 24.2 Å². The summed E-state index contributed by atoms with van der Waals surface area (Å²) in [6, 6.07) is 7.82. The number of anilines is 1. The molecular formula is C13H13N2O2. The zero-order valence-corrected chi connectivity index (χ0v) is 9.53. The lowest BCUT2D eigenvalue weighted by Crippen LogP contribution is -2.37. The third-order valence-corrected chi connectivity index (χ3v) is 2.81. The maximum Gasteiger partial charge on any atom is 0.267 e. The van der Waals surface area contributed by atoms with Crippen molar-refractivity contribution >= 4 is 11.6 Å². The first-order valence-corrected chi connectivity index (χ1v) is 5.30. The highest BCUT2D eigenvalue weighted by atomic mass is 16.3. The summed E-state index contributed by atoms with van der Waals surface area (Å²) in [5.74, 6) is 5.01. The monoisotopic (exact) mass is 229 g/mol. The standard InChI is InChI=1S/C13H13N2O2/c1-15-9-8-13(17,12(15)16)7-6-10-4-2-3-5-11(10)14/h2,4-5,17H,8-9,14H2,1H3/t13-/m0/s1. The molecule has 1 atom stereocenters. The van der Waals surface area contributed by atoms with Crippen molar-refractivity contribution in [2.75, 3.05) is 19.3 Å². The van der Waals surface area contributed by atoms with Crippen LogP contribution in [0.1, 0.15) is 12.0 Å². The molecule has 1 radical (unpaired) electrons. The molecule has 0 saturated carbocycles. The molecule has 1 saturated heterocycles. The lowest BCUT2D eigenvalue weighted by atomic mass is 10.0. The number of carbonyl (C=O) groups is 1. The molecule has 1 aliphatic rings. The summed E-state index contributed by atoms with van der Waals surface area (Å²) in [5, 5.41) is 10.1. The predicted molar refractivity (Wildman–Crippen MR) is 63.8 cm³/mol. The Balaban J connectivity index is 2.29. The van der Waals surface area contributed by atoms with E-state index in [1.54, 1.807) is 25.2 Å². The van der Waals surface area contributed by atoms with Crippen LogP contribution in [-0.4, -0.2) is 35.1 Å². The first-order valence-electron chi connectivity index (χ1n) is 5.30. The minimum Gasteiger partial charge on any atom is -0.398 e. The lowest BCUT2D eigenvalue weighted by molar-refractivity contribution is -0.137. The molecule has 1 fully saturated rings. The number of aliphatic hydroxyl groups is 1. The Hall–Kier alpha value is -1.99. The number of amides is 1. The number of rotatable bonds is 0. The van der Waals surface area contributed by atoms with Crippen LogP contribution < -0.4 is 5.73 Å². The number of hydrogen-bond donors (Lipinski definition) is 2. The highest BCUT2D eigenvalue weighted by Gasteiger charge is 2.42. The summed E-state index contributed by atoms with van der Waals surface area (Å²) in [4.78, 5) is 13.1. The van der Waals surface area contributed by atoms with Crippen molar-refractivity contribution in [3.05, 3.63) is 29.8 Å². The van der Waals surface area contributed by atoms with E-state index in [0.717, 1.165) is 0 Å². The average molecular weight is 229 g/mol. The summed E-state index contributed by atoms with van der Waals surface area (Å²) in [7, 11) is 1.65. The van der Waals surface area contributed by atoms with Crippen molar-refractivity contribution in [3.63, 3.8) is 0 Å². The Morgan fingerprint density at radius 2 is 2.41 bits per heavy atom. The molecule has 1 aromatic carbocycles. The fourth-order valence-electron chi connectivity index (χ4n) is 1.70. The zero-order chi connectivity index (χ0) is 12.5. The van der Waals surface area contributed by atoms with Gasteiger partial charge in [-0.15, -0.1) is 0 Å². The molecule has 17 heavy (non-hydrogen) atoms. The molecule has 4 nitrogen and oxygen atoms in total. The molecule has 4 heteroatoms. The Morgan fingerprint density at radius 1 is 1.65 bits per heavy atom. The number of nitrogen functional groups attached to an aromatic ring is 1. The third-order valence-electron chi connectivity index (χ3n) is 2.81. The molecule has 2 rings (SSSR count). The van der Waals surface area contributed by atoms with Gasteiger partial charge in [-0.3, -0.25) is 4.79 Å². The van der Waals surface area contributed by atoms with E-state index in [1.807, 2.05) is 0 Å². The highest BCUT2D eigenvalue weighted by Crippen LogP contribution is 2.21. The SMILES string of the molecule is CN1CC[C@@](O)(C#Cc2cc[c]cc2N)C1=O. The normalized spacial score (nSPS) is 23.4. The molecule has 1 aromatic rings. The van der Waals surface area contributed by atoms with Crippen LogP contribution in [0, 0.1) is 17.9 Å². The second kappa shape index (κ2) is 4.11. The summed E-state index contributed by atoms with van der Waals surface area (Å²) in [6.45, 7) is 0.516. The average Bonchev–Trinajstić information content (AvgIpc) is 2.57. The van der Waals surface area contributed by atoms with Crippen LogP contribution in [0.3, 0.4) is 0 Å². The molecule has 0 spiro atoms. The van der Waals surface area contributed by atoms with Crippen molar-refractivity contribution in [3.8, 4) is 11.8 Å². The van der Waals surface area contributed by atoms with Crippen LogP contribution in [0.25, 0.3) is 0 Å². The number of hydrogen-bond acceptors (Lipinski definition) is 3. The molecule has 0 aliphatic carbocycles. The van der Waals surface area contributed by atoms with Gasteiger partial charge in [0.2, 0.25) is 5.60 Å². The summed E-state index contributed by atoms with van der Waals surface area (Å²) < 4.78 is 0. The van der Waals surface area contributed by atoms with Gasteiger partial charge in [-0.1, -0.05) is 17.9 Å². The number of benzene rings is 1. The third kappa shape index (κ3) is 2.10. The van der Waals surface area contributed by atoms with Gasteiger partial charge in [0.1, 0.15) is 0 Å². The lowest BCUT2D eigenvalue weighted by Gasteiger charge is -2.13. The van der Waals surface area contributed by atoms with E-state index < -0.39 is 5.60 Å². The number of likely N-dealkylation sites (tertiary alicyclic amines) is 1. The molecule has 0 unspecified atom stereocenters. The Kier molecular flexibility index (Phi) is 2.78. The Morgan fingerprint density at radius 3 is 3.00 bits per heavy atom. The highest BCUT2D eigenvalue weighted by molar-refractivity contribution is 5.90. The minimum atomic E-state index is -1.57. The Labute approximate surface area is 100 Å². The number of nitrogens with zero attached hydrogens (tertiary/aromatic N) is 1. The maximum absolute atomic E-state index is 11.7. The first kappa shape index (κ1) is 11.5. The van der Waals surface area contributed by atoms with Crippen LogP contribution in [0.15, 0.2) is 18.2 Å². The molecule has 0 bridgehead atoms. The van der Waals surface area contributed by atoms with Crippen LogP contribution in [0.2, 0.25) is 0 Å². The molecule has 1 aliphatic heterocycles. The molecule has 0 aromatic heterocycles. The van der Waals surface area contributed by atoms with Crippen molar-refractivity contribution < 1.29 is 9.90 Å². The molecule has 3 N–H and O–H groups in total. The van der Waals surface area contributed by atoms with E-state index in [2.05, 4.69) is 17.9 Å². The van der Waals surface area contributed by atoms with Gasteiger partial charge in [-0.05, 0) is 18.2 Å². The van der Waals surface area contributed by atoms with Gasteiger partial charge in [0.25, 0.3) is 5.91 Å². The number of carbonyl (C=O) groups excluding carboxylic acids is 1. The van der Waals surface area contributed by atoms with Crippen molar-refractivity contribution in [2.24, 2.45) is 0 Å². The van der Waals surface area contributed by atoms with Crippen LogP contribution in [0.5, 0.6) is 0 Å². The second-order valence-corrected chi connectivity index (χ2v) is 4.10. The van der Waals surface area contributed by atoms with Crippen molar-refractivity contribution in [2.45, 2.75) is 12.0 Å². The molecule has 1 amide bonds. The number of nitrogens with two attached hydrogens (primary N) is 1. The van der Waals surface area contributed by atoms with E-state index in [-0.39, 0.29) is 5.91 Å². The van der Waals surface area contributed by atoms with Crippen LogP contribution in [-0.2, 0) is 4.79 Å². The van der Waals surface area contributed by atoms with E-state index >= 15 is 0 Å². The van der Waals surface area contributed by atoms with E-state index in [1.165, 1.54) is 4.90 Å². The van der Waals surface area contributed by atoms with Crippen molar-refractivity contribution in [1.29, 1.82) is 0 Å². The first-order chi connectivity index (χ1) is 8.03. The predicted octanol–water partition coefficient (Wildman–Crippen LogP) is 0.0137. The van der Waals surface area contributed by atoms with E-state index in [4.69, 9.17) is 5.73 Å². The summed E-state index contributed by atoms with van der Waals surface area (Å²) in [6.07, 6.45) is 0.328. The van der Waals surface area contributed by atoms with Crippen LogP contribution in [0.4, 0.5) is 5.69 Å². The quantitative estimate of drug-likeness (QED) is 0.486. The maximum atomic E-state index is 11.7. The Bertz CT molecular complexity index is 516. The van der Waals surface area contributed by atoms with Crippen LogP contribution >= 0.6 is 0 Å². The largest absolute Gasteiger partial charge is 0.398 e. The smallest absolute Gasteiger partial charge is 0.267 e. The fraction of sp³-hybridized carbons (Fsp3) is 0.308. The molecule has 1 heterocycles. The van der Waals surface area contributed by atoms with Crippen molar-refractivity contribution in [1.82, 2.24) is 4.90 Å². The summed E-state index contributed by atoms with van der Waals surface area (Å²) in [5.41, 5.74) is 5.22. The van der Waals surface area contributed by atoms with Gasteiger partial charge in [0, 0.05) is 31.3 Å².